The first-order chi connectivity index (χ1) is 8.78. The van der Waals surface area contributed by atoms with Gasteiger partial charge in [-0.05, 0) is 12.8 Å². The van der Waals surface area contributed by atoms with Crippen molar-refractivity contribution in [3.63, 3.8) is 0 Å². The number of rotatable bonds is 6. The lowest BCUT2D eigenvalue weighted by Crippen LogP contribution is -2.47. The quantitative estimate of drug-likeness (QED) is 0.832. The van der Waals surface area contributed by atoms with Crippen molar-refractivity contribution in [3.05, 3.63) is 17.5 Å². The molecular weight excluding hydrogens is 238 g/mol. The third-order valence-corrected chi connectivity index (χ3v) is 3.93. The minimum absolute atomic E-state index is 0.0403. The van der Waals surface area contributed by atoms with Gasteiger partial charge in [-0.2, -0.15) is 5.10 Å². The zero-order chi connectivity index (χ0) is 14.7. The first-order valence-electron chi connectivity index (χ1n) is 7.17. The summed E-state index contributed by atoms with van der Waals surface area (Å²) in [6, 6.07) is 0. The lowest BCUT2D eigenvalue weighted by Gasteiger charge is -2.31. The van der Waals surface area contributed by atoms with E-state index in [1.165, 1.54) is 5.56 Å². The molecule has 0 amide bonds. The van der Waals surface area contributed by atoms with Crippen LogP contribution in [0.25, 0.3) is 0 Å². The molecule has 0 atom stereocenters. The lowest BCUT2D eigenvalue weighted by molar-refractivity contribution is 0.149. The van der Waals surface area contributed by atoms with E-state index in [0.717, 1.165) is 25.1 Å². The van der Waals surface area contributed by atoms with Gasteiger partial charge in [0, 0.05) is 36.3 Å². The highest BCUT2D eigenvalue weighted by Crippen LogP contribution is 2.25. The average Bonchev–Trinajstić information content (AvgIpc) is 2.73. The molecule has 0 aliphatic heterocycles. The summed E-state index contributed by atoms with van der Waals surface area (Å²) in [6.45, 7) is 11.7. The predicted octanol–water partition coefficient (Wildman–Crippen LogP) is 2.36. The topological polar surface area (TPSA) is 50.1 Å². The lowest BCUT2D eigenvalue weighted by atomic mass is 9.88. The molecule has 0 spiro atoms. The number of nitrogens with zero attached hydrogens (tertiary/aromatic N) is 2. The van der Waals surface area contributed by atoms with E-state index >= 15 is 0 Å². The van der Waals surface area contributed by atoms with Crippen molar-refractivity contribution in [3.8, 4) is 0 Å². The average molecular weight is 267 g/mol. The van der Waals surface area contributed by atoms with Crippen LogP contribution in [0.3, 0.4) is 0 Å². The second-order valence-electron chi connectivity index (χ2n) is 6.43. The SMILES string of the molecule is CCC(CC)(CO)NCc1cn(C)nc1C(C)(C)C. The molecule has 0 bridgehead atoms. The number of hydrogen-bond donors (Lipinski definition) is 2. The van der Waals surface area contributed by atoms with Gasteiger partial charge in [0.1, 0.15) is 0 Å². The summed E-state index contributed by atoms with van der Waals surface area (Å²) in [6.07, 6.45) is 3.91. The molecule has 1 rings (SSSR count). The highest BCUT2D eigenvalue weighted by molar-refractivity contribution is 5.24. The third-order valence-electron chi connectivity index (χ3n) is 3.93. The van der Waals surface area contributed by atoms with Crippen LogP contribution in [0.4, 0.5) is 0 Å². The molecule has 0 aromatic carbocycles. The van der Waals surface area contributed by atoms with E-state index in [4.69, 9.17) is 0 Å². The van der Waals surface area contributed by atoms with Crippen LogP contribution in [-0.4, -0.2) is 27.0 Å². The number of aryl methyl sites for hydroxylation is 1. The van der Waals surface area contributed by atoms with Crippen molar-refractivity contribution in [1.82, 2.24) is 15.1 Å². The maximum Gasteiger partial charge on any atom is 0.0722 e. The third kappa shape index (κ3) is 3.80. The van der Waals surface area contributed by atoms with Crippen molar-refractivity contribution in [2.45, 2.75) is 65.0 Å². The van der Waals surface area contributed by atoms with Crippen molar-refractivity contribution in [2.75, 3.05) is 6.61 Å². The smallest absolute Gasteiger partial charge is 0.0722 e. The monoisotopic (exact) mass is 267 g/mol. The van der Waals surface area contributed by atoms with Crippen LogP contribution in [-0.2, 0) is 19.0 Å². The Labute approximate surface area is 117 Å². The Hall–Kier alpha value is -0.870. The second kappa shape index (κ2) is 6.06. The minimum Gasteiger partial charge on any atom is -0.394 e. The molecule has 4 nitrogen and oxygen atoms in total. The summed E-state index contributed by atoms with van der Waals surface area (Å²) in [5.74, 6) is 0. The number of nitrogens with one attached hydrogen (secondary N) is 1. The molecule has 0 fully saturated rings. The van der Waals surface area contributed by atoms with E-state index in [1.54, 1.807) is 0 Å². The van der Waals surface area contributed by atoms with Gasteiger partial charge in [-0.1, -0.05) is 34.6 Å². The number of aromatic nitrogens is 2. The molecule has 19 heavy (non-hydrogen) atoms. The maximum atomic E-state index is 9.61. The van der Waals surface area contributed by atoms with E-state index in [9.17, 15) is 5.11 Å². The zero-order valence-electron chi connectivity index (χ0n) is 13.2. The number of aliphatic hydroxyl groups is 1. The predicted molar refractivity (Wildman–Crippen MR) is 79.1 cm³/mol. The molecule has 0 saturated carbocycles. The summed E-state index contributed by atoms with van der Waals surface area (Å²) in [4.78, 5) is 0. The normalized spacial score (nSPS) is 13.0. The second-order valence-corrected chi connectivity index (χ2v) is 6.43. The van der Waals surface area contributed by atoms with Crippen molar-refractivity contribution in [2.24, 2.45) is 7.05 Å². The molecule has 0 aliphatic rings. The van der Waals surface area contributed by atoms with Gasteiger partial charge in [-0.15, -0.1) is 0 Å². The molecule has 0 aliphatic carbocycles. The number of aliphatic hydroxyl groups excluding tert-OH is 1. The van der Waals surface area contributed by atoms with Crippen LogP contribution in [0.15, 0.2) is 6.20 Å². The molecule has 110 valence electrons. The Balaban J connectivity index is 2.89. The van der Waals surface area contributed by atoms with E-state index in [0.29, 0.717) is 0 Å². The Morgan fingerprint density at radius 1 is 1.26 bits per heavy atom. The van der Waals surface area contributed by atoms with Crippen molar-refractivity contribution >= 4 is 0 Å². The summed E-state index contributed by atoms with van der Waals surface area (Å²) >= 11 is 0. The molecule has 0 radical (unpaired) electrons. The van der Waals surface area contributed by atoms with Crippen LogP contribution in [0.5, 0.6) is 0 Å². The summed E-state index contributed by atoms with van der Waals surface area (Å²) in [5, 5.41) is 17.7. The Morgan fingerprint density at radius 2 is 1.84 bits per heavy atom. The maximum absolute atomic E-state index is 9.61. The van der Waals surface area contributed by atoms with Crippen LogP contribution in [0.1, 0.15) is 58.7 Å². The first-order valence-corrected chi connectivity index (χ1v) is 7.17. The molecule has 1 aromatic heterocycles. The van der Waals surface area contributed by atoms with Gasteiger partial charge in [-0.25, -0.2) is 0 Å². The van der Waals surface area contributed by atoms with Gasteiger partial charge in [-0.3, -0.25) is 4.68 Å². The summed E-state index contributed by atoms with van der Waals surface area (Å²) in [5.41, 5.74) is 2.21. The van der Waals surface area contributed by atoms with E-state index in [1.807, 2.05) is 11.7 Å². The Kier molecular flexibility index (Phi) is 5.16. The van der Waals surface area contributed by atoms with Crippen molar-refractivity contribution in [1.29, 1.82) is 0 Å². The highest BCUT2D eigenvalue weighted by atomic mass is 16.3. The molecule has 0 unspecified atom stereocenters. The Morgan fingerprint density at radius 3 is 2.26 bits per heavy atom. The highest BCUT2D eigenvalue weighted by Gasteiger charge is 2.27. The van der Waals surface area contributed by atoms with E-state index < -0.39 is 0 Å². The summed E-state index contributed by atoms with van der Waals surface area (Å²) < 4.78 is 1.87. The van der Waals surface area contributed by atoms with Crippen LogP contribution >= 0.6 is 0 Å². The molecule has 2 N–H and O–H groups in total. The molecule has 0 saturated heterocycles. The van der Waals surface area contributed by atoms with Gasteiger partial charge in [0.05, 0.1) is 12.3 Å². The Bertz CT molecular complexity index is 392. The molecule has 1 aromatic rings. The fraction of sp³-hybridized carbons (Fsp3) is 0.800. The van der Waals surface area contributed by atoms with Gasteiger partial charge in [0.25, 0.3) is 0 Å². The van der Waals surface area contributed by atoms with Gasteiger partial charge < -0.3 is 10.4 Å². The fourth-order valence-electron chi connectivity index (χ4n) is 2.36. The van der Waals surface area contributed by atoms with Gasteiger partial charge >= 0.3 is 0 Å². The molecule has 4 heteroatoms. The molecular formula is C15H29N3O. The fourth-order valence-corrected chi connectivity index (χ4v) is 2.36. The molecule has 1 heterocycles. The largest absolute Gasteiger partial charge is 0.394 e. The van der Waals surface area contributed by atoms with Crippen molar-refractivity contribution < 1.29 is 5.11 Å². The van der Waals surface area contributed by atoms with Crippen LogP contribution in [0, 0.1) is 0 Å². The summed E-state index contributed by atoms with van der Waals surface area (Å²) in [7, 11) is 1.96. The van der Waals surface area contributed by atoms with Gasteiger partial charge in [0.2, 0.25) is 0 Å². The van der Waals surface area contributed by atoms with Crippen LogP contribution < -0.4 is 5.32 Å². The first kappa shape index (κ1) is 16.2. The number of hydrogen-bond acceptors (Lipinski definition) is 3. The van der Waals surface area contributed by atoms with E-state index in [-0.39, 0.29) is 17.6 Å². The minimum atomic E-state index is -0.176. The standard InChI is InChI=1S/C15H29N3O/c1-7-15(8-2,11-19)16-9-12-10-18(6)17-13(12)14(3,4)5/h10,16,19H,7-9,11H2,1-6H3. The van der Waals surface area contributed by atoms with Gasteiger partial charge in [0.15, 0.2) is 0 Å². The van der Waals surface area contributed by atoms with Crippen LogP contribution in [0.2, 0.25) is 0 Å². The zero-order valence-corrected chi connectivity index (χ0v) is 13.2. The van der Waals surface area contributed by atoms with E-state index in [2.05, 4.69) is 51.2 Å².